The fourth-order valence-electron chi connectivity index (χ4n) is 5.10. The maximum Gasteiger partial charge on any atom is 0.241 e. The Morgan fingerprint density at radius 3 is 2.42 bits per heavy atom. The zero-order valence-electron chi connectivity index (χ0n) is 17.9. The van der Waals surface area contributed by atoms with E-state index in [0.29, 0.717) is 16.5 Å². The molecule has 0 aromatic heterocycles. The van der Waals surface area contributed by atoms with Crippen LogP contribution in [0.25, 0.3) is 0 Å². The molecule has 1 aliphatic carbocycles. The predicted octanol–water partition coefficient (Wildman–Crippen LogP) is 5.46. The van der Waals surface area contributed by atoms with Crippen LogP contribution in [-0.2, 0) is 16.4 Å². The van der Waals surface area contributed by atoms with Crippen LogP contribution < -0.4 is 4.72 Å². The van der Waals surface area contributed by atoms with Crippen LogP contribution in [0.2, 0.25) is 10.0 Å². The van der Waals surface area contributed by atoms with E-state index in [4.69, 9.17) is 23.2 Å². The molecule has 2 aliphatic rings. The zero-order chi connectivity index (χ0) is 22.0. The molecule has 2 aromatic rings. The molecular weight excluding hydrogens is 451 g/mol. The van der Waals surface area contributed by atoms with Crippen molar-refractivity contribution < 1.29 is 8.42 Å². The normalized spacial score (nSPS) is 23.3. The summed E-state index contributed by atoms with van der Waals surface area (Å²) in [6, 6.07) is 13.4. The molecule has 7 heteroatoms. The van der Waals surface area contributed by atoms with Gasteiger partial charge in [-0.25, -0.2) is 13.1 Å². The highest BCUT2D eigenvalue weighted by Crippen LogP contribution is 2.31. The molecule has 2 atom stereocenters. The molecule has 1 saturated heterocycles. The lowest BCUT2D eigenvalue weighted by Crippen LogP contribution is -2.51. The van der Waals surface area contributed by atoms with Gasteiger partial charge in [0.05, 0.1) is 4.90 Å². The molecule has 1 heterocycles. The van der Waals surface area contributed by atoms with E-state index in [0.717, 1.165) is 56.6 Å². The van der Waals surface area contributed by atoms with Gasteiger partial charge in [-0.1, -0.05) is 47.8 Å². The van der Waals surface area contributed by atoms with E-state index >= 15 is 0 Å². The summed E-state index contributed by atoms with van der Waals surface area (Å²) in [5, 5.41) is 1.26. The molecule has 4 rings (SSSR count). The largest absolute Gasteiger partial charge is 0.299 e. The quantitative estimate of drug-likeness (QED) is 0.597. The van der Waals surface area contributed by atoms with E-state index in [9.17, 15) is 8.42 Å². The molecular formula is C24H30Cl2N2O2S. The van der Waals surface area contributed by atoms with Crippen molar-refractivity contribution in [3.63, 3.8) is 0 Å². The van der Waals surface area contributed by atoms with E-state index in [1.807, 2.05) is 12.1 Å². The molecule has 0 spiro atoms. The number of nitrogens with zero attached hydrogens (tertiary/aromatic N) is 1. The Balaban J connectivity index is 1.37. The summed E-state index contributed by atoms with van der Waals surface area (Å²) in [5.41, 5.74) is 1.94. The van der Waals surface area contributed by atoms with Gasteiger partial charge >= 0.3 is 0 Å². The minimum absolute atomic E-state index is 0.0452. The van der Waals surface area contributed by atoms with Crippen molar-refractivity contribution in [2.75, 3.05) is 13.1 Å². The first-order valence-corrected chi connectivity index (χ1v) is 13.3. The van der Waals surface area contributed by atoms with E-state index in [1.165, 1.54) is 5.56 Å². The van der Waals surface area contributed by atoms with E-state index < -0.39 is 10.0 Å². The van der Waals surface area contributed by atoms with Crippen molar-refractivity contribution in [2.45, 2.75) is 62.4 Å². The van der Waals surface area contributed by atoms with Crippen LogP contribution in [0.5, 0.6) is 0 Å². The third-order valence-corrected chi connectivity index (χ3v) is 9.15. The van der Waals surface area contributed by atoms with Crippen molar-refractivity contribution in [2.24, 2.45) is 5.92 Å². The van der Waals surface area contributed by atoms with Crippen molar-refractivity contribution in [3.05, 3.63) is 63.6 Å². The number of hydrogen-bond donors (Lipinski definition) is 1. The molecule has 0 bridgehead atoms. The number of halogens is 2. The summed E-state index contributed by atoms with van der Waals surface area (Å²) < 4.78 is 29.1. The minimum Gasteiger partial charge on any atom is -0.299 e. The van der Waals surface area contributed by atoms with Crippen LogP contribution in [0.1, 0.15) is 43.2 Å². The minimum atomic E-state index is -3.60. The molecule has 0 radical (unpaired) electrons. The maximum atomic E-state index is 13.1. The molecule has 31 heavy (non-hydrogen) atoms. The number of nitrogens with one attached hydrogen (secondary N) is 1. The lowest BCUT2D eigenvalue weighted by molar-refractivity contribution is 0.122. The van der Waals surface area contributed by atoms with Crippen LogP contribution in [0.15, 0.2) is 47.4 Å². The van der Waals surface area contributed by atoms with Crippen LogP contribution in [0.3, 0.4) is 0 Å². The van der Waals surface area contributed by atoms with Gasteiger partial charge < -0.3 is 0 Å². The number of benzene rings is 2. The van der Waals surface area contributed by atoms with Crippen LogP contribution in [-0.4, -0.2) is 38.5 Å². The fraction of sp³-hybridized carbons (Fsp3) is 0.500. The van der Waals surface area contributed by atoms with Crippen LogP contribution in [0.4, 0.5) is 0 Å². The van der Waals surface area contributed by atoms with E-state index in [1.54, 1.807) is 25.1 Å². The molecule has 2 fully saturated rings. The Kier molecular flexibility index (Phi) is 7.29. The van der Waals surface area contributed by atoms with Crippen LogP contribution in [0, 0.1) is 12.8 Å². The number of sulfonamides is 1. The summed E-state index contributed by atoms with van der Waals surface area (Å²) in [7, 11) is -3.60. The molecule has 1 N–H and O–H groups in total. The maximum absolute atomic E-state index is 13.1. The summed E-state index contributed by atoms with van der Waals surface area (Å²) in [5.74, 6) is 0.670. The average molecular weight is 481 g/mol. The third kappa shape index (κ3) is 5.45. The highest BCUT2D eigenvalue weighted by Gasteiger charge is 2.36. The second-order valence-electron chi connectivity index (χ2n) is 8.90. The number of likely N-dealkylation sites (tertiary alicyclic amines) is 1. The summed E-state index contributed by atoms with van der Waals surface area (Å²) in [6.07, 6.45) is 6.35. The Morgan fingerprint density at radius 1 is 1.00 bits per heavy atom. The first-order chi connectivity index (χ1) is 14.8. The topological polar surface area (TPSA) is 49.4 Å². The average Bonchev–Trinajstić information content (AvgIpc) is 3.19. The molecule has 1 saturated carbocycles. The lowest BCUT2D eigenvalue weighted by Gasteiger charge is -2.38. The van der Waals surface area contributed by atoms with Gasteiger partial charge in [0, 0.05) is 22.1 Å². The van der Waals surface area contributed by atoms with Gasteiger partial charge in [-0.15, -0.1) is 0 Å². The fourth-order valence-corrected chi connectivity index (χ4v) is 7.03. The smallest absolute Gasteiger partial charge is 0.241 e. The molecule has 0 amide bonds. The highest BCUT2D eigenvalue weighted by atomic mass is 35.5. The Bertz CT molecular complexity index is 1000. The van der Waals surface area contributed by atoms with E-state index in [2.05, 4.69) is 21.8 Å². The standard InChI is InChI=1S/C24H30Cl2N2O2S/c1-17-21(26)4-2-7-24(17)31(29,30)27-22-5-3-6-23(22)28-14-12-19(13-15-28)16-18-8-10-20(25)11-9-18/h2,4,7-11,19,22-23,27H,3,5-6,12-16H2,1H3/t22-,23-/m1/s1. The number of piperidine rings is 1. The number of rotatable bonds is 6. The zero-order valence-corrected chi connectivity index (χ0v) is 20.2. The van der Waals surface area contributed by atoms with Gasteiger partial charge in [0.1, 0.15) is 0 Å². The lowest BCUT2D eigenvalue weighted by atomic mass is 9.89. The Labute approximate surface area is 196 Å². The molecule has 4 nitrogen and oxygen atoms in total. The predicted molar refractivity (Wildman–Crippen MR) is 127 cm³/mol. The third-order valence-electron chi connectivity index (χ3n) is 6.85. The van der Waals surface area contributed by atoms with E-state index in [-0.39, 0.29) is 17.0 Å². The van der Waals surface area contributed by atoms with Crippen LogP contribution >= 0.6 is 23.2 Å². The van der Waals surface area contributed by atoms with Crippen molar-refractivity contribution in [1.82, 2.24) is 9.62 Å². The summed E-state index contributed by atoms with van der Waals surface area (Å²) in [6.45, 7) is 3.81. The van der Waals surface area contributed by atoms with Crippen molar-refractivity contribution in [1.29, 1.82) is 0 Å². The van der Waals surface area contributed by atoms with Gasteiger partial charge in [-0.05, 0) is 93.4 Å². The molecule has 0 unspecified atom stereocenters. The summed E-state index contributed by atoms with van der Waals surface area (Å²) in [4.78, 5) is 2.79. The van der Waals surface area contributed by atoms with Gasteiger partial charge in [-0.2, -0.15) is 0 Å². The first kappa shape index (κ1) is 23.1. The molecule has 1 aliphatic heterocycles. The molecule has 2 aromatic carbocycles. The SMILES string of the molecule is Cc1c(Cl)cccc1S(=O)(=O)N[C@@H]1CCC[C@H]1N1CCC(Cc2ccc(Cl)cc2)CC1. The first-order valence-electron chi connectivity index (χ1n) is 11.1. The highest BCUT2D eigenvalue weighted by molar-refractivity contribution is 7.89. The van der Waals surface area contributed by atoms with Gasteiger partial charge in [0.25, 0.3) is 0 Å². The van der Waals surface area contributed by atoms with Gasteiger partial charge in [0.2, 0.25) is 10.0 Å². The van der Waals surface area contributed by atoms with Gasteiger partial charge in [-0.3, -0.25) is 4.90 Å². The Morgan fingerprint density at radius 2 is 1.71 bits per heavy atom. The number of hydrogen-bond acceptors (Lipinski definition) is 3. The summed E-state index contributed by atoms with van der Waals surface area (Å²) >= 11 is 12.2. The van der Waals surface area contributed by atoms with Gasteiger partial charge in [0.15, 0.2) is 0 Å². The van der Waals surface area contributed by atoms with Crippen molar-refractivity contribution >= 4 is 33.2 Å². The molecule has 168 valence electrons. The Hall–Kier alpha value is -1.11. The second kappa shape index (κ2) is 9.80. The second-order valence-corrected chi connectivity index (χ2v) is 11.4. The van der Waals surface area contributed by atoms with Crippen molar-refractivity contribution in [3.8, 4) is 0 Å². The monoisotopic (exact) mass is 480 g/mol.